The van der Waals surface area contributed by atoms with E-state index in [2.05, 4.69) is 9.88 Å². The first-order valence-corrected chi connectivity index (χ1v) is 8.11. The lowest BCUT2D eigenvalue weighted by Crippen LogP contribution is -2.44. The fourth-order valence-corrected chi connectivity index (χ4v) is 4.43. The smallest absolute Gasteiger partial charge is 0.352 e. The molecule has 25 heavy (non-hydrogen) atoms. The Labute approximate surface area is 140 Å². The van der Waals surface area contributed by atoms with E-state index in [9.17, 15) is 18.0 Å². The summed E-state index contributed by atoms with van der Waals surface area (Å²) in [5.74, 6) is -2.50. The second-order valence-electron chi connectivity index (χ2n) is 7.09. The lowest BCUT2D eigenvalue weighted by molar-refractivity contribution is 0.229. The van der Waals surface area contributed by atoms with Crippen molar-refractivity contribution < 1.29 is 17.9 Å². The van der Waals surface area contributed by atoms with Gasteiger partial charge in [0.15, 0.2) is 17.5 Å². The summed E-state index contributed by atoms with van der Waals surface area (Å²) in [6, 6.07) is 3.42. The van der Waals surface area contributed by atoms with Gasteiger partial charge >= 0.3 is 5.69 Å². The molecular formula is C17H14F3N3O2. The van der Waals surface area contributed by atoms with Gasteiger partial charge in [0.1, 0.15) is 12.4 Å². The number of nitrogens with zero attached hydrogens (tertiary/aromatic N) is 3. The number of halogens is 3. The SMILES string of the molecule is O=c1nc(OCc2cc(F)c(F)c(F)c2)cc2n1CC13CC(CN21)C3. The molecule has 2 saturated heterocycles. The minimum atomic E-state index is -1.52. The Morgan fingerprint density at radius 1 is 1.20 bits per heavy atom. The second-order valence-corrected chi connectivity index (χ2v) is 7.09. The number of ether oxygens (including phenoxy) is 1. The van der Waals surface area contributed by atoms with Gasteiger partial charge in [-0.2, -0.15) is 4.98 Å². The zero-order valence-electron chi connectivity index (χ0n) is 13.1. The Morgan fingerprint density at radius 2 is 1.92 bits per heavy atom. The lowest BCUT2D eigenvalue weighted by Gasteiger charge is -2.37. The molecule has 0 N–H and O–H groups in total. The fourth-order valence-electron chi connectivity index (χ4n) is 4.43. The van der Waals surface area contributed by atoms with Crippen molar-refractivity contribution in [1.82, 2.24) is 9.55 Å². The molecule has 2 aromatic rings. The Hall–Kier alpha value is -2.51. The molecule has 1 saturated carbocycles. The molecule has 1 spiro atoms. The molecule has 0 amide bonds. The van der Waals surface area contributed by atoms with Crippen LogP contribution in [0.5, 0.6) is 5.88 Å². The van der Waals surface area contributed by atoms with Gasteiger partial charge in [-0.15, -0.1) is 0 Å². The number of hydrogen-bond donors (Lipinski definition) is 0. The summed E-state index contributed by atoms with van der Waals surface area (Å²) >= 11 is 0. The quantitative estimate of drug-likeness (QED) is 0.798. The average Bonchev–Trinajstić information content (AvgIpc) is 3.15. The van der Waals surface area contributed by atoms with Crippen molar-refractivity contribution in [3.8, 4) is 5.88 Å². The minimum Gasteiger partial charge on any atom is -0.473 e. The van der Waals surface area contributed by atoms with E-state index in [0.29, 0.717) is 12.5 Å². The van der Waals surface area contributed by atoms with Crippen LogP contribution in [0.4, 0.5) is 19.0 Å². The van der Waals surface area contributed by atoms with Crippen LogP contribution in [0.15, 0.2) is 23.0 Å². The van der Waals surface area contributed by atoms with Gasteiger partial charge in [0.2, 0.25) is 5.88 Å². The van der Waals surface area contributed by atoms with Gasteiger partial charge in [-0.1, -0.05) is 0 Å². The molecule has 5 nitrogen and oxygen atoms in total. The van der Waals surface area contributed by atoms with Gasteiger partial charge in [0, 0.05) is 12.6 Å². The van der Waals surface area contributed by atoms with E-state index in [0.717, 1.165) is 37.3 Å². The molecule has 1 aliphatic carbocycles. The van der Waals surface area contributed by atoms with E-state index in [1.165, 1.54) is 0 Å². The third kappa shape index (κ3) is 2.03. The van der Waals surface area contributed by atoms with Crippen LogP contribution >= 0.6 is 0 Å². The zero-order valence-corrected chi connectivity index (χ0v) is 13.1. The summed E-state index contributed by atoms with van der Waals surface area (Å²) in [5.41, 5.74) is -0.213. The van der Waals surface area contributed by atoms with Crippen molar-refractivity contribution in [3.05, 3.63) is 51.7 Å². The normalized spacial score (nSPS) is 25.6. The molecule has 4 aliphatic rings. The predicted octanol–water partition coefficient (Wildman–Crippen LogP) is 2.22. The van der Waals surface area contributed by atoms with Gasteiger partial charge in [-0.3, -0.25) is 4.57 Å². The number of fused-ring (bicyclic) bond motifs is 1. The maximum absolute atomic E-state index is 13.3. The Kier molecular flexibility index (Phi) is 2.82. The zero-order chi connectivity index (χ0) is 17.3. The van der Waals surface area contributed by atoms with E-state index < -0.39 is 23.1 Å². The largest absolute Gasteiger partial charge is 0.473 e. The molecule has 0 unspecified atom stereocenters. The van der Waals surface area contributed by atoms with Crippen molar-refractivity contribution in [3.63, 3.8) is 0 Å². The maximum Gasteiger partial charge on any atom is 0.352 e. The van der Waals surface area contributed by atoms with Crippen LogP contribution in [0, 0.1) is 23.4 Å². The number of anilines is 1. The molecule has 6 rings (SSSR count). The standard InChI is InChI=1S/C17H14F3N3O2/c18-11-1-9(2-12(19)15(11)20)7-25-13-3-14-22(16(24)21-13)8-17-4-10(5-17)6-23(14)17/h1-3,10H,4-8H2. The van der Waals surface area contributed by atoms with Crippen molar-refractivity contribution in [2.45, 2.75) is 31.5 Å². The van der Waals surface area contributed by atoms with Crippen LogP contribution in [-0.4, -0.2) is 21.6 Å². The molecule has 3 aliphatic heterocycles. The highest BCUT2D eigenvalue weighted by atomic mass is 19.2. The van der Waals surface area contributed by atoms with Crippen molar-refractivity contribution in [2.24, 2.45) is 5.92 Å². The van der Waals surface area contributed by atoms with Gasteiger partial charge < -0.3 is 9.64 Å². The van der Waals surface area contributed by atoms with Gasteiger partial charge in [0.05, 0.1) is 12.1 Å². The molecule has 1 aromatic carbocycles. The molecule has 8 heteroatoms. The van der Waals surface area contributed by atoms with E-state index >= 15 is 0 Å². The summed E-state index contributed by atoms with van der Waals surface area (Å²) in [6.45, 7) is 1.37. The summed E-state index contributed by atoms with van der Waals surface area (Å²) in [7, 11) is 0. The van der Waals surface area contributed by atoms with Crippen LogP contribution in [0.2, 0.25) is 0 Å². The average molecular weight is 349 g/mol. The van der Waals surface area contributed by atoms with E-state index in [-0.39, 0.29) is 23.6 Å². The van der Waals surface area contributed by atoms with Gasteiger partial charge in [-0.25, -0.2) is 18.0 Å². The first-order valence-electron chi connectivity index (χ1n) is 8.11. The molecule has 0 atom stereocenters. The van der Waals surface area contributed by atoms with Crippen LogP contribution in [0.25, 0.3) is 0 Å². The first kappa shape index (κ1) is 14.8. The number of aromatic nitrogens is 2. The maximum atomic E-state index is 13.3. The Bertz CT molecular complexity index is 930. The number of benzene rings is 1. The fraction of sp³-hybridized carbons (Fsp3) is 0.412. The van der Waals surface area contributed by atoms with Crippen molar-refractivity contribution >= 4 is 5.82 Å². The summed E-state index contributed by atoms with van der Waals surface area (Å²) in [5, 5.41) is 0. The van der Waals surface area contributed by atoms with Crippen LogP contribution in [0.3, 0.4) is 0 Å². The molecular weight excluding hydrogens is 335 g/mol. The van der Waals surface area contributed by atoms with Crippen molar-refractivity contribution in [1.29, 1.82) is 0 Å². The first-order chi connectivity index (χ1) is 11.9. The van der Waals surface area contributed by atoms with E-state index in [1.54, 1.807) is 10.6 Å². The van der Waals surface area contributed by atoms with E-state index in [4.69, 9.17) is 4.74 Å². The van der Waals surface area contributed by atoms with Crippen LogP contribution in [-0.2, 0) is 13.2 Å². The highest BCUT2D eigenvalue weighted by Gasteiger charge is 2.60. The topological polar surface area (TPSA) is 47.4 Å². The second kappa shape index (κ2) is 4.77. The molecule has 130 valence electrons. The number of hydrogen-bond acceptors (Lipinski definition) is 4. The monoisotopic (exact) mass is 349 g/mol. The summed E-state index contributed by atoms with van der Waals surface area (Å²) in [4.78, 5) is 18.4. The highest BCUT2D eigenvalue weighted by molar-refractivity contribution is 5.54. The van der Waals surface area contributed by atoms with Crippen molar-refractivity contribution in [2.75, 3.05) is 11.4 Å². The minimum absolute atomic E-state index is 0.0559. The Morgan fingerprint density at radius 3 is 2.64 bits per heavy atom. The summed E-state index contributed by atoms with van der Waals surface area (Å²) < 4.78 is 46.6. The summed E-state index contributed by atoms with van der Waals surface area (Å²) in [6.07, 6.45) is 2.19. The van der Waals surface area contributed by atoms with Gasteiger partial charge in [-0.05, 0) is 36.5 Å². The molecule has 4 heterocycles. The third-order valence-electron chi connectivity index (χ3n) is 5.48. The molecule has 2 bridgehead atoms. The molecule has 0 radical (unpaired) electrons. The number of rotatable bonds is 3. The third-order valence-corrected chi connectivity index (χ3v) is 5.48. The Balaban J connectivity index is 1.41. The molecule has 3 fully saturated rings. The van der Waals surface area contributed by atoms with Crippen LogP contribution < -0.4 is 15.3 Å². The van der Waals surface area contributed by atoms with Crippen LogP contribution in [0.1, 0.15) is 18.4 Å². The van der Waals surface area contributed by atoms with E-state index in [1.807, 2.05) is 0 Å². The highest BCUT2D eigenvalue weighted by Crippen LogP contribution is 2.56. The lowest BCUT2D eigenvalue weighted by atomic mass is 9.74. The molecule has 1 aromatic heterocycles. The van der Waals surface area contributed by atoms with Gasteiger partial charge in [0.25, 0.3) is 0 Å². The predicted molar refractivity (Wildman–Crippen MR) is 81.9 cm³/mol.